The molecule has 1 aliphatic rings. The topological polar surface area (TPSA) is 89.0 Å². The Balaban J connectivity index is 1.37. The maximum atomic E-state index is 9.62. The second kappa shape index (κ2) is 10.9. The van der Waals surface area contributed by atoms with Gasteiger partial charge in [-0.1, -0.05) is 12.2 Å². The molecule has 0 atom stereocenters. The van der Waals surface area contributed by atoms with E-state index >= 15 is 0 Å². The van der Waals surface area contributed by atoms with Crippen LogP contribution >= 0.6 is 0 Å². The predicted molar refractivity (Wildman–Crippen MR) is 129 cm³/mol. The maximum Gasteiger partial charge on any atom is 0.103 e. The third-order valence-corrected chi connectivity index (χ3v) is 5.85. The van der Waals surface area contributed by atoms with Crippen LogP contribution in [0.5, 0.6) is 0 Å². The van der Waals surface area contributed by atoms with Crippen molar-refractivity contribution >= 4 is 28.4 Å². The normalized spacial score (nSPS) is 14.8. The SMILES string of the molecule is Cc1c(Nc2c(C#N)cncc2/C=C/CCNCCN2CCOCC2)ccc2[nH]ccc12. The molecule has 3 heterocycles. The summed E-state index contributed by atoms with van der Waals surface area (Å²) >= 11 is 0. The second-order valence-corrected chi connectivity index (χ2v) is 7.96. The molecule has 7 heteroatoms. The number of pyridine rings is 1. The number of hydrogen-bond acceptors (Lipinski definition) is 6. The number of aromatic nitrogens is 2. The van der Waals surface area contributed by atoms with E-state index < -0.39 is 0 Å². The molecule has 7 nitrogen and oxygen atoms in total. The number of benzene rings is 1. The van der Waals surface area contributed by atoms with Gasteiger partial charge >= 0.3 is 0 Å². The number of anilines is 2. The van der Waals surface area contributed by atoms with Crippen molar-refractivity contribution in [2.75, 3.05) is 51.3 Å². The van der Waals surface area contributed by atoms with Gasteiger partial charge in [0, 0.05) is 66.9 Å². The highest BCUT2D eigenvalue weighted by atomic mass is 16.5. The number of H-pyrrole nitrogens is 1. The Hall–Kier alpha value is -3.18. The van der Waals surface area contributed by atoms with Crippen LogP contribution in [0.1, 0.15) is 23.1 Å². The molecule has 2 aromatic heterocycles. The first-order valence-corrected chi connectivity index (χ1v) is 11.2. The Morgan fingerprint density at radius 2 is 2.09 bits per heavy atom. The molecule has 4 rings (SSSR count). The number of nitriles is 1. The molecule has 0 radical (unpaired) electrons. The summed E-state index contributed by atoms with van der Waals surface area (Å²) in [7, 11) is 0. The molecular formula is C25H30N6O. The van der Waals surface area contributed by atoms with Gasteiger partial charge in [0.1, 0.15) is 6.07 Å². The van der Waals surface area contributed by atoms with Crippen molar-refractivity contribution in [3.05, 3.63) is 59.6 Å². The lowest BCUT2D eigenvalue weighted by Crippen LogP contribution is -2.40. The minimum Gasteiger partial charge on any atom is -0.379 e. The van der Waals surface area contributed by atoms with Gasteiger partial charge in [0.05, 0.1) is 24.5 Å². The lowest BCUT2D eigenvalue weighted by atomic mass is 10.1. The lowest BCUT2D eigenvalue weighted by Gasteiger charge is -2.26. The van der Waals surface area contributed by atoms with Gasteiger partial charge in [0.25, 0.3) is 0 Å². The number of hydrogen-bond donors (Lipinski definition) is 3. The van der Waals surface area contributed by atoms with Crippen LogP contribution in [0.25, 0.3) is 17.0 Å². The lowest BCUT2D eigenvalue weighted by molar-refractivity contribution is 0.0385. The van der Waals surface area contributed by atoms with E-state index in [-0.39, 0.29) is 0 Å². The third-order valence-electron chi connectivity index (χ3n) is 5.85. The minimum absolute atomic E-state index is 0.532. The van der Waals surface area contributed by atoms with Crippen LogP contribution in [0.3, 0.4) is 0 Å². The first-order valence-electron chi connectivity index (χ1n) is 11.2. The van der Waals surface area contributed by atoms with Gasteiger partial charge in [-0.2, -0.15) is 5.26 Å². The molecule has 32 heavy (non-hydrogen) atoms. The first-order chi connectivity index (χ1) is 15.8. The molecule has 3 N–H and O–H groups in total. The summed E-state index contributed by atoms with van der Waals surface area (Å²) in [4.78, 5) is 9.92. The molecule has 0 bridgehead atoms. The standard InChI is InChI=1S/C25H30N6O/c1-19-22-7-9-29-24(22)6-5-23(19)30-25-20(17-28-18-21(25)16-26)4-2-3-8-27-10-11-31-12-14-32-15-13-31/h2,4-7,9,17-18,27,29H,3,8,10-15H2,1H3,(H,28,30)/b4-2+. The number of morpholine rings is 1. The fourth-order valence-corrected chi connectivity index (χ4v) is 3.96. The minimum atomic E-state index is 0.532. The number of rotatable bonds is 9. The molecule has 1 saturated heterocycles. The fraction of sp³-hybridized carbons (Fsp3) is 0.360. The van der Waals surface area contributed by atoms with Gasteiger partial charge in [-0.05, 0) is 43.7 Å². The molecule has 0 amide bonds. The summed E-state index contributed by atoms with van der Waals surface area (Å²) < 4.78 is 5.38. The second-order valence-electron chi connectivity index (χ2n) is 7.96. The van der Waals surface area contributed by atoms with Gasteiger partial charge in [0.15, 0.2) is 0 Å². The largest absolute Gasteiger partial charge is 0.379 e. The summed E-state index contributed by atoms with van der Waals surface area (Å²) in [5.41, 5.74) is 5.46. The Labute approximate surface area is 189 Å². The summed E-state index contributed by atoms with van der Waals surface area (Å²) in [6, 6.07) is 8.43. The van der Waals surface area contributed by atoms with Crippen molar-refractivity contribution in [3.8, 4) is 6.07 Å². The zero-order valence-electron chi connectivity index (χ0n) is 18.5. The van der Waals surface area contributed by atoms with Gasteiger partial charge < -0.3 is 20.4 Å². The smallest absolute Gasteiger partial charge is 0.103 e. The van der Waals surface area contributed by atoms with Crippen LogP contribution in [0, 0.1) is 18.3 Å². The monoisotopic (exact) mass is 430 g/mol. The van der Waals surface area contributed by atoms with Crippen molar-refractivity contribution in [1.82, 2.24) is 20.2 Å². The number of fused-ring (bicyclic) bond motifs is 1. The highest BCUT2D eigenvalue weighted by Crippen LogP contribution is 2.30. The van der Waals surface area contributed by atoms with Crippen molar-refractivity contribution in [2.24, 2.45) is 0 Å². The molecule has 1 aromatic carbocycles. The number of nitrogens with one attached hydrogen (secondary N) is 3. The van der Waals surface area contributed by atoms with Crippen LogP contribution in [-0.2, 0) is 4.74 Å². The summed E-state index contributed by atoms with van der Waals surface area (Å²) in [6.07, 6.45) is 10.4. The van der Waals surface area contributed by atoms with Crippen LogP contribution < -0.4 is 10.6 Å². The molecule has 0 saturated carbocycles. The molecular weight excluding hydrogens is 400 g/mol. The Bertz CT molecular complexity index is 1110. The predicted octanol–water partition coefficient (Wildman–Crippen LogP) is 3.81. The number of nitrogens with zero attached hydrogens (tertiary/aromatic N) is 3. The molecule has 1 aliphatic heterocycles. The van der Waals surface area contributed by atoms with Gasteiger partial charge in [-0.3, -0.25) is 9.88 Å². The van der Waals surface area contributed by atoms with Gasteiger partial charge in [-0.25, -0.2) is 0 Å². The summed E-state index contributed by atoms with van der Waals surface area (Å²) in [5, 5.41) is 17.8. The van der Waals surface area contributed by atoms with Gasteiger partial charge in [-0.15, -0.1) is 0 Å². The van der Waals surface area contributed by atoms with E-state index in [1.807, 2.05) is 18.3 Å². The van der Waals surface area contributed by atoms with E-state index in [4.69, 9.17) is 4.74 Å². The van der Waals surface area contributed by atoms with Crippen LogP contribution in [-0.4, -0.2) is 60.8 Å². The molecule has 166 valence electrons. The Morgan fingerprint density at radius 3 is 2.94 bits per heavy atom. The van der Waals surface area contributed by atoms with E-state index in [0.29, 0.717) is 5.56 Å². The van der Waals surface area contributed by atoms with E-state index in [1.54, 1.807) is 12.4 Å². The van der Waals surface area contributed by atoms with E-state index in [0.717, 1.165) is 80.4 Å². The van der Waals surface area contributed by atoms with Crippen LogP contribution in [0.15, 0.2) is 42.9 Å². The zero-order chi connectivity index (χ0) is 22.2. The highest BCUT2D eigenvalue weighted by Gasteiger charge is 2.11. The molecule has 0 aliphatic carbocycles. The van der Waals surface area contributed by atoms with Crippen molar-refractivity contribution < 1.29 is 4.74 Å². The van der Waals surface area contributed by atoms with Crippen LogP contribution in [0.4, 0.5) is 11.4 Å². The Kier molecular flexibility index (Phi) is 7.51. The average Bonchev–Trinajstić information content (AvgIpc) is 3.31. The molecule has 0 spiro atoms. The average molecular weight is 431 g/mol. The van der Waals surface area contributed by atoms with E-state index in [9.17, 15) is 5.26 Å². The summed E-state index contributed by atoms with van der Waals surface area (Å²) in [5.74, 6) is 0. The third kappa shape index (κ3) is 5.35. The highest BCUT2D eigenvalue weighted by molar-refractivity contribution is 5.89. The van der Waals surface area contributed by atoms with Crippen molar-refractivity contribution in [3.63, 3.8) is 0 Å². The maximum absolute atomic E-state index is 9.62. The summed E-state index contributed by atoms with van der Waals surface area (Å²) in [6.45, 7) is 8.77. The van der Waals surface area contributed by atoms with E-state index in [2.05, 4.69) is 56.7 Å². The quantitative estimate of drug-likeness (QED) is 0.447. The van der Waals surface area contributed by atoms with Gasteiger partial charge in [0.2, 0.25) is 0 Å². The number of ether oxygens (including phenoxy) is 1. The molecule has 1 fully saturated rings. The number of aryl methyl sites for hydroxylation is 1. The Morgan fingerprint density at radius 1 is 1.22 bits per heavy atom. The number of aromatic amines is 1. The molecule has 3 aromatic rings. The molecule has 0 unspecified atom stereocenters. The van der Waals surface area contributed by atoms with Crippen LogP contribution in [0.2, 0.25) is 0 Å². The van der Waals surface area contributed by atoms with Crippen molar-refractivity contribution in [2.45, 2.75) is 13.3 Å². The fourth-order valence-electron chi connectivity index (χ4n) is 3.96. The van der Waals surface area contributed by atoms with Crippen molar-refractivity contribution in [1.29, 1.82) is 5.26 Å². The zero-order valence-corrected chi connectivity index (χ0v) is 18.5. The first kappa shape index (κ1) is 22.0. The van der Waals surface area contributed by atoms with E-state index in [1.165, 1.54) is 5.39 Å².